The number of amides is 2. The molecule has 0 spiro atoms. The van der Waals surface area contributed by atoms with Gasteiger partial charge in [-0.15, -0.1) is 0 Å². The van der Waals surface area contributed by atoms with E-state index in [0.717, 1.165) is 12.8 Å². The molecule has 4 nitrogen and oxygen atoms in total. The topological polar surface area (TPSA) is 49.4 Å². The van der Waals surface area contributed by atoms with Gasteiger partial charge in [0, 0.05) is 17.5 Å². The number of carbonyl (C=O) groups excluding carboxylic acids is 2. The molecule has 0 saturated heterocycles. The van der Waals surface area contributed by atoms with Gasteiger partial charge in [-0.2, -0.15) is 11.3 Å². The van der Waals surface area contributed by atoms with Crippen LogP contribution in [-0.2, 0) is 11.2 Å². The number of rotatable bonds is 4. The fraction of sp³-hybridized carbons (Fsp3) is 0.333. The predicted molar refractivity (Wildman–Crippen MR) is 91.5 cm³/mol. The summed E-state index contributed by atoms with van der Waals surface area (Å²) in [4.78, 5) is 26.4. The van der Waals surface area contributed by atoms with E-state index >= 15 is 0 Å². The van der Waals surface area contributed by atoms with E-state index in [0.29, 0.717) is 12.1 Å². The van der Waals surface area contributed by atoms with E-state index in [9.17, 15) is 9.59 Å². The molecule has 2 heterocycles. The molecule has 1 atom stereocenters. The van der Waals surface area contributed by atoms with Crippen molar-refractivity contribution in [3.8, 4) is 0 Å². The van der Waals surface area contributed by atoms with Crippen molar-refractivity contribution in [1.29, 1.82) is 0 Å². The average Bonchev–Trinajstić information content (AvgIpc) is 3.13. The van der Waals surface area contributed by atoms with Crippen LogP contribution in [0.4, 0.5) is 0 Å². The highest BCUT2D eigenvalue weighted by atomic mass is 32.1. The number of thiophene rings is 1. The zero-order chi connectivity index (χ0) is 16.2. The van der Waals surface area contributed by atoms with Crippen molar-refractivity contribution >= 4 is 23.2 Å². The summed E-state index contributed by atoms with van der Waals surface area (Å²) in [6, 6.07) is 10.2. The third kappa shape index (κ3) is 3.29. The molecule has 120 valence electrons. The smallest absolute Gasteiger partial charge is 0.252 e. The van der Waals surface area contributed by atoms with Gasteiger partial charge in [0.15, 0.2) is 0 Å². The molecule has 5 heteroatoms. The molecule has 0 bridgehead atoms. The van der Waals surface area contributed by atoms with Crippen molar-refractivity contribution in [1.82, 2.24) is 10.2 Å². The molecule has 23 heavy (non-hydrogen) atoms. The van der Waals surface area contributed by atoms with Crippen molar-refractivity contribution in [3.63, 3.8) is 0 Å². The van der Waals surface area contributed by atoms with Gasteiger partial charge in [0.2, 0.25) is 5.91 Å². The van der Waals surface area contributed by atoms with Gasteiger partial charge < -0.3 is 10.2 Å². The number of nitrogens with one attached hydrogen (secondary N) is 1. The largest absolute Gasteiger partial charge is 0.343 e. The minimum absolute atomic E-state index is 0.0186. The number of benzene rings is 1. The molecule has 1 aliphatic heterocycles. The van der Waals surface area contributed by atoms with Crippen molar-refractivity contribution in [2.75, 3.05) is 13.1 Å². The summed E-state index contributed by atoms with van der Waals surface area (Å²) in [5, 5.41) is 6.36. The van der Waals surface area contributed by atoms with Crippen LogP contribution < -0.4 is 5.32 Å². The van der Waals surface area contributed by atoms with Gasteiger partial charge in [-0.3, -0.25) is 9.59 Å². The van der Waals surface area contributed by atoms with Gasteiger partial charge in [0.05, 0.1) is 12.6 Å². The highest BCUT2D eigenvalue weighted by molar-refractivity contribution is 7.08. The molecule has 0 fully saturated rings. The van der Waals surface area contributed by atoms with Crippen LogP contribution in [-0.4, -0.2) is 29.8 Å². The summed E-state index contributed by atoms with van der Waals surface area (Å²) in [5.74, 6) is -0.208. The molecule has 1 N–H and O–H groups in total. The van der Waals surface area contributed by atoms with Crippen LogP contribution >= 0.6 is 11.3 Å². The Morgan fingerprint density at radius 1 is 1.30 bits per heavy atom. The van der Waals surface area contributed by atoms with Crippen molar-refractivity contribution in [2.24, 2.45) is 0 Å². The van der Waals surface area contributed by atoms with Crippen molar-refractivity contribution in [2.45, 2.75) is 25.8 Å². The maximum atomic E-state index is 12.6. The summed E-state index contributed by atoms with van der Waals surface area (Å²) in [7, 11) is 0. The Labute approximate surface area is 140 Å². The predicted octanol–water partition coefficient (Wildman–Crippen LogP) is 3.01. The summed E-state index contributed by atoms with van der Waals surface area (Å²) < 4.78 is 0. The molecular formula is C18H20N2O2S. The molecule has 0 unspecified atom stereocenters. The van der Waals surface area contributed by atoms with E-state index in [-0.39, 0.29) is 24.4 Å². The van der Waals surface area contributed by atoms with E-state index < -0.39 is 0 Å². The minimum Gasteiger partial charge on any atom is -0.343 e. The minimum atomic E-state index is -0.190. The van der Waals surface area contributed by atoms with Crippen LogP contribution in [0, 0.1) is 0 Å². The summed E-state index contributed by atoms with van der Waals surface area (Å²) >= 11 is 1.47. The quantitative estimate of drug-likeness (QED) is 0.938. The second-order valence-electron chi connectivity index (χ2n) is 5.65. The lowest BCUT2D eigenvalue weighted by Gasteiger charge is -2.37. The Hall–Kier alpha value is -2.14. The first kappa shape index (κ1) is 15.7. The van der Waals surface area contributed by atoms with Gasteiger partial charge in [-0.25, -0.2) is 0 Å². The molecular weight excluding hydrogens is 308 g/mol. The Morgan fingerprint density at radius 2 is 2.13 bits per heavy atom. The maximum absolute atomic E-state index is 12.6. The average molecular weight is 328 g/mol. The molecule has 0 saturated carbocycles. The van der Waals surface area contributed by atoms with Crippen LogP contribution in [0.15, 0.2) is 41.1 Å². The number of fused-ring (bicyclic) bond motifs is 1. The maximum Gasteiger partial charge on any atom is 0.252 e. The van der Waals surface area contributed by atoms with Crippen LogP contribution in [0.25, 0.3) is 0 Å². The Morgan fingerprint density at radius 3 is 2.87 bits per heavy atom. The molecule has 1 aromatic heterocycles. The highest BCUT2D eigenvalue weighted by Crippen LogP contribution is 2.31. The lowest BCUT2D eigenvalue weighted by atomic mass is 9.91. The lowest BCUT2D eigenvalue weighted by Crippen LogP contribution is -2.45. The van der Waals surface area contributed by atoms with E-state index in [4.69, 9.17) is 0 Å². The normalized spacial score (nSPS) is 16.7. The number of carbonyl (C=O) groups is 2. The third-order valence-electron chi connectivity index (χ3n) is 4.30. The Bertz CT molecular complexity index is 697. The molecule has 1 aliphatic rings. The highest BCUT2D eigenvalue weighted by Gasteiger charge is 2.29. The molecule has 1 aromatic carbocycles. The summed E-state index contributed by atoms with van der Waals surface area (Å²) in [6.07, 6.45) is 1.75. The third-order valence-corrected chi connectivity index (χ3v) is 4.99. The molecule has 3 rings (SSSR count). The lowest BCUT2D eigenvalue weighted by molar-refractivity contribution is -0.133. The SMILES string of the molecule is CC[C@@H]1c2ccccc2CCN1C(=O)CNC(=O)c1ccsc1. The van der Waals surface area contributed by atoms with E-state index in [2.05, 4.69) is 24.4 Å². The zero-order valence-electron chi connectivity index (χ0n) is 13.1. The van der Waals surface area contributed by atoms with Gasteiger partial charge in [-0.1, -0.05) is 31.2 Å². The van der Waals surface area contributed by atoms with Gasteiger partial charge in [0.25, 0.3) is 5.91 Å². The second-order valence-corrected chi connectivity index (χ2v) is 6.43. The summed E-state index contributed by atoms with van der Waals surface area (Å²) in [6.45, 7) is 2.85. The number of nitrogens with zero attached hydrogens (tertiary/aromatic N) is 1. The van der Waals surface area contributed by atoms with E-state index in [1.165, 1.54) is 22.5 Å². The van der Waals surface area contributed by atoms with Crippen LogP contribution in [0.2, 0.25) is 0 Å². The Kier molecular flexibility index (Phi) is 4.76. The van der Waals surface area contributed by atoms with Crippen molar-refractivity contribution < 1.29 is 9.59 Å². The zero-order valence-corrected chi connectivity index (χ0v) is 13.9. The molecule has 0 radical (unpaired) electrons. The van der Waals surface area contributed by atoms with Crippen molar-refractivity contribution in [3.05, 3.63) is 57.8 Å². The second kappa shape index (κ2) is 6.96. The first-order valence-electron chi connectivity index (χ1n) is 7.88. The summed E-state index contributed by atoms with van der Waals surface area (Å²) in [5.41, 5.74) is 3.17. The standard InChI is InChI=1S/C18H20N2O2S/c1-2-16-15-6-4-3-5-13(15)7-9-20(16)17(21)11-19-18(22)14-8-10-23-12-14/h3-6,8,10,12,16H,2,7,9,11H2,1H3,(H,19,22)/t16-/m1/s1. The number of hydrogen-bond donors (Lipinski definition) is 1. The number of hydrogen-bond acceptors (Lipinski definition) is 3. The molecule has 2 amide bonds. The first-order valence-corrected chi connectivity index (χ1v) is 8.82. The Balaban J connectivity index is 1.66. The monoisotopic (exact) mass is 328 g/mol. The molecule has 0 aliphatic carbocycles. The van der Waals surface area contributed by atoms with Gasteiger partial charge in [0.1, 0.15) is 0 Å². The van der Waals surface area contributed by atoms with Gasteiger partial charge in [-0.05, 0) is 35.4 Å². The van der Waals surface area contributed by atoms with Crippen LogP contribution in [0.1, 0.15) is 40.9 Å². The van der Waals surface area contributed by atoms with E-state index in [1.807, 2.05) is 22.4 Å². The fourth-order valence-corrected chi connectivity index (χ4v) is 3.78. The van der Waals surface area contributed by atoms with Gasteiger partial charge >= 0.3 is 0 Å². The molecule has 2 aromatic rings. The van der Waals surface area contributed by atoms with Crippen LogP contribution in [0.5, 0.6) is 0 Å². The van der Waals surface area contributed by atoms with Crippen LogP contribution in [0.3, 0.4) is 0 Å². The van der Waals surface area contributed by atoms with E-state index in [1.54, 1.807) is 11.4 Å². The first-order chi connectivity index (χ1) is 11.2. The fourth-order valence-electron chi connectivity index (χ4n) is 3.14.